The molecule has 3 rings (SSSR count). The second-order valence-electron chi connectivity index (χ2n) is 4.22. The fraction of sp³-hybridized carbons (Fsp3) is 0.364. The molecule has 0 unspecified atom stereocenters. The average molecular weight is 264 g/mol. The number of aromatic carboxylic acids is 1. The Morgan fingerprint density at radius 1 is 1.61 bits per heavy atom. The number of fused-ring (bicyclic) bond motifs is 1. The van der Waals surface area contributed by atoms with Crippen LogP contribution in [0.4, 0.5) is 0 Å². The van der Waals surface area contributed by atoms with Crippen LogP contribution in [0.25, 0.3) is 0 Å². The number of nitrogens with one attached hydrogen (secondary N) is 1. The second kappa shape index (κ2) is 4.51. The molecule has 1 aliphatic rings. The molecular weight excluding hydrogens is 252 g/mol. The first-order valence-electron chi connectivity index (χ1n) is 5.64. The summed E-state index contributed by atoms with van der Waals surface area (Å²) in [6.45, 7) is 2.28. The van der Waals surface area contributed by atoms with E-state index in [1.807, 2.05) is 5.38 Å². The molecule has 7 heteroatoms. The molecule has 0 amide bonds. The molecule has 0 saturated carbocycles. The van der Waals surface area contributed by atoms with E-state index in [4.69, 9.17) is 5.11 Å². The van der Waals surface area contributed by atoms with E-state index >= 15 is 0 Å². The summed E-state index contributed by atoms with van der Waals surface area (Å²) in [6, 6.07) is 0. The zero-order chi connectivity index (χ0) is 12.5. The Bertz CT molecular complexity index is 564. The van der Waals surface area contributed by atoms with E-state index < -0.39 is 5.97 Å². The number of thiazole rings is 1. The summed E-state index contributed by atoms with van der Waals surface area (Å²) in [4.78, 5) is 17.5. The predicted molar refractivity (Wildman–Crippen MR) is 65.5 cm³/mol. The van der Waals surface area contributed by atoms with E-state index in [1.54, 1.807) is 17.5 Å². The summed E-state index contributed by atoms with van der Waals surface area (Å²) in [5.74, 6) is -0.969. The van der Waals surface area contributed by atoms with Crippen LogP contribution < -0.4 is 0 Å². The summed E-state index contributed by atoms with van der Waals surface area (Å²) in [5, 5.41) is 18.7. The maximum absolute atomic E-state index is 11.0. The summed E-state index contributed by atoms with van der Waals surface area (Å²) in [5.41, 5.74) is 1.90. The van der Waals surface area contributed by atoms with Gasteiger partial charge in [-0.05, 0) is 0 Å². The SMILES string of the molecule is O=C(O)c1n[nH]c2c1CN(Cc1nccs1)CC2. The smallest absolute Gasteiger partial charge is 0.356 e. The number of nitrogens with zero attached hydrogens (tertiary/aromatic N) is 3. The molecule has 2 N–H and O–H groups in total. The number of aromatic amines is 1. The molecule has 0 aliphatic carbocycles. The van der Waals surface area contributed by atoms with Crippen LogP contribution in [0.1, 0.15) is 26.8 Å². The molecule has 0 aromatic carbocycles. The van der Waals surface area contributed by atoms with Gasteiger partial charge in [-0.15, -0.1) is 11.3 Å². The molecule has 3 heterocycles. The Labute approximate surface area is 107 Å². The number of carboxylic acids is 1. The van der Waals surface area contributed by atoms with Crippen molar-refractivity contribution in [3.8, 4) is 0 Å². The average Bonchev–Trinajstić information content (AvgIpc) is 2.97. The van der Waals surface area contributed by atoms with Crippen molar-refractivity contribution in [2.45, 2.75) is 19.5 Å². The molecule has 2 aromatic rings. The van der Waals surface area contributed by atoms with E-state index in [9.17, 15) is 4.79 Å². The normalized spacial score (nSPS) is 15.6. The summed E-state index contributed by atoms with van der Waals surface area (Å²) in [6.07, 6.45) is 2.59. The molecular formula is C11H12N4O2S. The third-order valence-electron chi connectivity index (χ3n) is 3.06. The zero-order valence-corrected chi connectivity index (χ0v) is 10.4. The van der Waals surface area contributed by atoms with Gasteiger partial charge in [0.25, 0.3) is 0 Å². The molecule has 6 nitrogen and oxygen atoms in total. The lowest BCUT2D eigenvalue weighted by Gasteiger charge is -2.25. The minimum absolute atomic E-state index is 0.147. The van der Waals surface area contributed by atoms with Crippen molar-refractivity contribution in [3.05, 3.63) is 33.5 Å². The van der Waals surface area contributed by atoms with E-state index in [2.05, 4.69) is 20.1 Å². The number of hydrogen-bond donors (Lipinski definition) is 2. The van der Waals surface area contributed by atoms with Gasteiger partial charge in [0, 0.05) is 42.3 Å². The van der Waals surface area contributed by atoms with Crippen LogP contribution in [0.3, 0.4) is 0 Å². The van der Waals surface area contributed by atoms with Crippen molar-refractivity contribution < 1.29 is 9.90 Å². The molecule has 0 radical (unpaired) electrons. The van der Waals surface area contributed by atoms with Crippen molar-refractivity contribution >= 4 is 17.3 Å². The van der Waals surface area contributed by atoms with Crippen LogP contribution in [0, 0.1) is 0 Å². The van der Waals surface area contributed by atoms with Crippen LogP contribution in [0.15, 0.2) is 11.6 Å². The highest BCUT2D eigenvalue weighted by atomic mass is 32.1. The van der Waals surface area contributed by atoms with Crippen LogP contribution in [0.5, 0.6) is 0 Å². The van der Waals surface area contributed by atoms with Crippen LogP contribution in [0.2, 0.25) is 0 Å². The fourth-order valence-corrected chi connectivity index (χ4v) is 2.84. The van der Waals surface area contributed by atoms with Gasteiger partial charge in [0.15, 0.2) is 5.69 Å². The fourth-order valence-electron chi connectivity index (χ4n) is 2.19. The third kappa shape index (κ3) is 2.02. The molecule has 18 heavy (non-hydrogen) atoms. The van der Waals surface area contributed by atoms with Gasteiger partial charge in [0.05, 0.1) is 6.54 Å². The highest BCUT2D eigenvalue weighted by molar-refractivity contribution is 7.09. The van der Waals surface area contributed by atoms with E-state index in [-0.39, 0.29) is 5.69 Å². The minimum atomic E-state index is -0.969. The maximum atomic E-state index is 11.0. The predicted octanol–water partition coefficient (Wildman–Crippen LogP) is 1.12. The zero-order valence-electron chi connectivity index (χ0n) is 9.59. The van der Waals surface area contributed by atoms with Gasteiger partial charge in [-0.25, -0.2) is 9.78 Å². The Kier molecular flexibility index (Phi) is 2.85. The number of rotatable bonds is 3. The van der Waals surface area contributed by atoms with Crippen molar-refractivity contribution in [1.29, 1.82) is 0 Å². The van der Waals surface area contributed by atoms with Crippen LogP contribution >= 0.6 is 11.3 Å². The number of H-pyrrole nitrogens is 1. The second-order valence-corrected chi connectivity index (χ2v) is 5.20. The Morgan fingerprint density at radius 2 is 2.50 bits per heavy atom. The van der Waals surface area contributed by atoms with Gasteiger partial charge in [-0.2, -0.15) is 5.10 Å². The summed E-state index contributed by atoms with van der Waals surface area (Å²) < 4.78 is 0. The molecule has 0 fully saturated rings. The van der Waals surface area contributed by atoms with Crippen molar-refractivity contribution in [2.75, 3.05) is 6.54 Å². The first kappa shape index (κ1) is 11.4. The van der Waals surface area contributed by atoms with Crippen LogP contribution in [-0.2, 0) is 19.5 Å². The number of carbonyl (C=O) groups is 1. The Balaban J connectivity index is 1.79. The van der Waals surface area contributed by atoms with Gasteiger partial charge >= 0.3 is 5.97 Å². The van der Waals surface area contributed by atoms with Gasteiger partial charge in [0.2, 0.25) is 0 Å². The minimum Gasteiger partial charge on any atom is -0.476 e. The van der Waals surface area contributed by atoms with Crippen molar-refractivity contribution in [2.24, 2.45) is 0 Å². The van der Waals surface area contributed by atoms with E-state index in [1.165, 1.54) is 0 Å². The van der Waals surface area contributed by atoms with E-state index in [0.717, 1.165) is 35.8 Å². The van der Waals surface area contributed by atoms with E-state index in [0.29, 0.717) is 6.54 Å². The highest BCUT2D eigenvalue weighted by Crippen LogP contribution is 2.22. The topological polar surface area (TPSA) is 82.1 Å². The van der Waals surface area contributed by atoms with Crippen molar-refractivity contribution in [3.63, 3.8) is 0 Å². The Hall–Kier alpha value is -1.73. The largest absolute Gasteiger partial charge is 0.476 e. The molecule has 2 aromatic heterocycles. The number of aromatic nitrogens is 3. The highest BCUT2D eigenvalue weighted by Gasteiger charge is 2.25. The lowest BCUT2D eigenvalue weighted by atomic mass is 10.1. The van der Waals surface area contributed by atoms with Gasteiger partial charge < -0.3 is 5.11 Å². The first-order valence-corrected chi connectivity index (χ1v) is 6.52. The quantitative estimate of drug-likeness (QED) is 0.868. The number of hydrogen-bond acceptors (Lipinski definition) is 5. The molecule has 94 valence electrons. The first-order chi connectivity index (χ1) is 8.74. The van der Waals surface area contributed by atoms with Crippen molar-refractivity contribution in [1.82, 2.24) is 20.1 Å². The standard InChI is InChI=1S/C11H12N4O2S/c16-11(17)10-7-5-15(3-1-8(7)13-14-10)6-9-12-2-4-18-9/h2,4H,1,3,5-6H2,(H,13,14)(H,16,17). The molecule has 0 bridgehead atoms. The summed E-state index contributed by atoms with van der Waals surface area (Å²) >= 11 is 1.62. The van der Waals surface area contributed by atoms with Gasteiger partial charge in [-0.1, -0.05) is 0 Å². The molecule has 1 aliphatic heterocycles. The molecule has 0 saturated heterocycles. The van der Waals surface area contributed by atoms with Crippen LogP contribution in [-0.4, -0.2) is 37.7 Å². The third-order valence-corrected chi connectivity index (χ3v) is 3.82. The lowest BCUT2D eigenvalue weighted by molar-refractivity contribution is 0.0687. The maximum Gasteiger partial charge on any atom is 0.356 e. The molecule has 0 spiro atoms. The monoisotopic (exact) mass is 264 g/mol. The molecule has 0 atom stereocenters. The lowest BCUT2D eigenvalue weighted by Crippen LogP contribution is -2.30. The van der Waals surface area contributed by atoms with Gasteiger partial charge in [-0.3, -0.25) is 10.00 Å². The Morgan fingerprint density at radius 3 is 3.22 bits per heavy atom. The van der Waals surface area contributed by atoms with Gasteiger partial charge in [0.1, 0.15) is 5.01 Å². The summed E-state index contributed by atoms with van der Waals surface area (Å²) in [7, 11) is 0. The number of carboxylic acid groups (broad SMARTS) is 1.